The number of hydrogen-bond acceptors (Lipinski definition) is 2. The van der Waals surface area contributed by atoms with E-state index >= 15 is 0 Å². The van der Waals surface area contributed by atoms with E-state index in [9.17, 15) is 4.39 Å². The Morgan fingerprint density at radius 1 is 1.14 bits per heavy atom. The van der Waals surface area contributed by atoms with Gasteiger partial charge < -0.3 is 0 Å². The highest BCUT2D eigenvalue weighted by Gasteiger charge is 1.99. The summed E-state index contributed by atoms with van der Waals surface area (Å²) < 4.78 is 12.6. The van der Waals surface area contributed by atoms with Gasteiger partial charge in [0.25, 0.3) is 0 Å². The second-order valence-corrected chi connectivity index (χ2v) is 3.13. The molecule has 0 amide bonds. The third-order valence-corrected chi connectivity index (χ3v) is 1.93. The monoisotopic (exact) mass is 188 g/mol. The van der Waals surface area contributed by atoms with Crippen LogP contribution in [0, 0.1) is 12.7 Å². The number of rotatable bonds is 1. The summed E-state index contributed by atoms with van der Waals surface area (Å²) in [6, 6.07) is 8.14. The second-order valence-electron chi connectivity index (χ2n) is 3.13. The smallest absolute Gasteiger partial charge is 0.123 e. The lowest BCUT2D eigenvalue weighted by Crippen LogP contribution is -1.88. The third-order valence-electron chi connectivity index (χ3n) is 1.93. The van der Waals surface area contributed by atoms with E-state index in [2.05, 4.69) is 10.2 Å². The third kappa shape index (κ3) is 1.76. The molecule has 0 saturated heterocycles. The van der Waals surface area contributed by atoms with Gasteiger partial charge in [0.1, 0.15) is 5.82 Å². The molecule has 0 fully saturated rings. The molecule has 2 nitrogen and oxygen atoms in total. The van der Waals surface area contributed by atoms with Crippen molar-refractivity contribution in [2.45, 2.75) is 6.92 Å². The van der Waals surface area contributed by atoms with E-state index in [1.807, 2.05) is 13.0 Å². The van der Waals surface area contributed by atoms with Gasteiger partial charge in [-0.15, -0.1) is 0 Å². The maximum absolute atomic E-state index is 12.6. The average Bonchev–Trinajstić information content (AvgIpc) is 2.19. The minimum atomic E-state index is -0.241. The molecule has 1 aromatic heterocycles. The maximum Gasteiger partial charge on any atom is 0.123 e. The molecule has 2 rings (SSSR count). The first-order chi connectivity index (χ1) is 6.75. The highest BCUT2D eigenvalue weighted by molar-refractivity contribution is 5.58. The molecule has 14 heavy (non-hydrogen) atoms. The summed E-state index contributed by atoms with van der Waals surface area (Å²) in [6.07, 6.45) is 1.69. The molecule has 0 aliphatic heterocycles. The van der Waals surface area contributed by atoms with Crippen molar-refractivity contribution in [3.63, 3.8) is 0 Å². The van der Waals surface area contributed by atoms with Crippen molar-refractivity contribution in [3.8, 4) is 11.3 Å². The van der Waals surface area contributed by atoms with Crippen LogP contribution in [0.25, 0.3) is 11.3 Å². The standard InChI is InChI=1S/C11H9FN2/c1-8-6-11(14-13-7-8)9-2-4-10(12)5-3-9/h2-7H,1H3. The van der Waals surface area contributed by atoms with Crippen LogP contribution in [0.1, 0.15) is 5.56 Å². The Morgan fingerprint density at radius 3 is 2.50 bits per heavy atom. The van der Waals surface area contributed by atoms with Gasteiger partial charge in [-0.2, -0.15) is 10.2 Å². The lowest BCUT2D eigenvalue weighted by molar-refractivity contribution is 0.628. The highest BCUT2D eigenvalue weighted by atomic mass is 19.1. The summed E-state index contributed by atoms with van der Waals surface area (Å²) in [5.41, 5.74) is 2.69. The summed E-state index contributed by atoms with van der Waals surface area (Å²) in [5, 5.41) is 7.81. The Kier molecular flexibility index (Phi) is 2.23. The lowest BCUT2D eigenvalue weighted by atomic mass is 10.1. The molecule has 1 heterocycles. The van der Waals surface area contributed by atoms with Gasteiger partial charge in [-0.05, 0) is 42.8 Å². The van der Waals surface area contributed by atoms with Crippen molar-refractivity contribution in [3.05, 3.63) is 47.9 Å². The lowest BCUT2D eigenvalue weighted by Gasteiger charge is -1.99. The van der Waals surface area contributed by atoms with Crippen LogP contribution in [0.15, 0.2) is 36.5 Å². The van der Waals surface area contributed by atoms with E-state index in [4.69, 9.17) is 0 Å². The minimum Gasteiger partial charge on any atom is -0.207 e. The molecule has 70 valence electrons. The molecule has 0 atom stereocenters. The first kappa shape index (κ1) is 8.81. The zero-order valence-electron chi connectivity index (χ0n) is 7.74. The van der Waals surface area contributed by atoms with Crippen LogP contribution in [0.3, 0.4) is 0 Å². The van der Waals surface area contributed by atoms with Gasteiger partial charge in [0, 0.05) is 5.56 Å². The molecule has 0 spiro atoms. The summed E-state index contributed by atoms with van der Waals surface area (Å²) >= 11 is 0. The molecule has 0 aliphatic carbocycles. The van der Waals surface area contributed by atoms with Gasteiger partial charge in [0.2, 0.25) is 0 Å². The quantitative estimate of drug-likeness (QED) is 0.687. The van der Waals surface area contributed by atoms with Crippen LogP contribution in [0.2, 0.25) is 0 Å². The Balaban J connectivity index is 2.44. The molecule has 0 saturated carbocycles. The molecule has 3 heteroatoms. The van der Waals surface area contributed by atoms with Crippen molar-refractivity contribution in [2.75, 3.05) is 0 Å². The van der Waals surface area contributed by atoms with Gasteiger partial charge in [-0.1, -0.05) is 0 Å². The number of nitrogens with zero attached hydrogens (tertiary/aromatic N) is 2. The van der Waals surface area contributed by atoms with E-state index in [1.165, 1.54) is 12.1 Å². The van der Waals surface area contributed by atoms with Crippen molar-refractivity contribution >= 4 is 0 Å². The van der Waals surface area contributed by atoms with Crippen LogP contribution in [-0.4, -0.2) is 10.2 Å². The molecule has 0 unspecified atom stereocenters. The van der Waals surface area contributed by atoms with Crippen LogP contribution in [0.4, 0.5) is 4.39 Å². The molecule has 0 aliphatic rings. The Bertz CT molecular complexity index is 437. The summed E-state index contributed by atoms with van der Waals surface area (Å²) in [6.45, 7) is 1.95. The Hall–Kier alpha value is -1.77. The SMILES string of the molecule is Cc1cnnc(-c2ccc(F)cc2)c1. The first-order valence-corrected chi connectivity index (χ1v) is 4.31. The summed E-state index contributed by atoms with van der Waals surface area (Å²) in [4.78, 5) is 0. The molecule has 0 bridgehead atoms. The number of benzene rings is 1. The topological polar surface area (TPSA) is 25.8 Å². The fourth-order valence-electron chi connectivity index (χ4n) is 1.23. The predicted molar refractivity (Wildman–Crippen MR) is 52.2 cm³/mol. The summed E-state index contributed by atoms with van der Waals surface area (Å²) in [5.74, 6) is -0.241. The van der Waals surface area contributed by atoms with Gasteiger partial charge in [-0.3, -0.25) is 0 Å². The molecule has 2 aromatic rings. The van der Waals surface area contributed by atoms with Gasteiger partial charge in [0.15, 0.2) is 0 Å². The van der Waals surface area contributed by atoms with E-state index in [1.54, 1.807) is 18.3 Å². The van der Waals surface area contributed by atoms with Crippen molar-refractivity contribution < 1.29 is 4.39 Å². The first-order valence-electron chi connectivity index (χ1n) is 4.31. The predicted octanol–water partition coefficient (Wildman–Crippen LogP) is 2.59. The fourth-order valence-corrected chi connectivity index (χ4v) is 1.23. The molecule has 1 aromatic carbocycles. The number of aryl methyl sites for hydroxylation is 1. The zero-order chi connectivity index (χ0) is 9.97. The van der Waals surface area contributed by atoms with E-state index in [-0.39, 0.29) is 5.82 Å². The average molecular weight is 188 g/mol. The van der Waals surface area contributed by atoms with Crippen LogP contribution >= 0.6 is 0 Å². The fraction of sp³-hybridized carbons (Fsp3) is 0.0909. The van der Waals surface area contributed by atoms with Gasteiger partial charge in [0.05, 0.1) is 11.9 Å². The molecular formula is C11H9FN2. The molecule has 0 N–H and O–H groups in total. The zero-order valence-corrected chi connectivity index (χ0v) is 7.74. The Labute approximate surface area is 81.4 Å². The highest BCUT2D eigenvalue weighted by Crippen LogP contribution is 2.16. The van der Waals surface area contributed by atoms with Crippen molar-refractivity contribution in [1.82, 2.24) is 10.2 Å². The Morgan fingerprint density at radius 2 is 1.86 bits per heavy atom. The second kappa shape index (κ2) is 3.54. The maximum atomic E-state index is 12.6. The van der Waals surface area contributed by atoms with Crippen LogP contribution in [-0.2, 0) is 0 Å². The van der Waals surface area contributed by atoms with Gasteiger partial charge in [-0.25, -0.2) is 4.39 Å². The summed E-state index contributed by atoms with van der Waals surface area (Å²) in [7, 11) is 0. The van der Waals surface area contributed by atoms with E-state index in [0.29, 0.717) is 0 Å². The van der Waals surface area contributed by atoms with E-state index < -0.39 is 0 Å². The van der Waals surface area contributed by atoms with Crippen molar-refractivity contribution in [1.29, 1.82) is 0 Å². The number of hydrogen-bond donors (Lipinski definition) is 0. The van der Waals surface area contributed by atoms with Crippen LogP contribution < -0.4 is 0 Å². The molecule has 0 radical (unpaired) electrons. The number of aromatic nitrogens is 2. The van der Waals surface area contributed by atoms with Crippen molar-refractivity contribution in [2.24, 2.45) is 0 Å². The molecular weight excluding hydrogens is 179 g/mol. The number of halogens is 1. The minimum absolute atomic E-state index is 0.241. The largest absolute Gasteiger partial charge is 0.207 e. The normalized spacial score (nSPS) is 10.1. The van der Waals surface area contributed by atoms with Crippen LogP contribution in [0.5, 0.6) is 0 Å². The van der Waals surface area contributed by atoms with Gasteiger partial charge >= 0.3 is 0 Å². The van der Waals surface area contributed by atoms with E-state index in [0.717, 1.165) is 16.8 Å².